The molecule has 4 nitrogen and oxygen atoms in total. The van der Waals surface area contributed by atoms with Crippen molar-refractivity contribution in [1.29, 1.82) is 0 Å². The van der Waals surface area contributed by atoms with E-state index in [1.807, 2.05) is 0 Å². The fraction of sp³-hybridized carbons (Fsp3) is 0.250. The first-order valence-corrected chi connectivity index (χ1v) is 12.9. The number of para-hydroxylation sites is 2. The van der Waals surface area contributed by atoms with Gasteiger partial charge >= 0.3 is 5.66 Å². The minimum absolute atomic E-state index is 0.0600. The highest BCUT2D eigenvalue weighted by molar-refractivity contribution is 5.87. The first-order chi connectivity index (χ1) is 17.3. The van der Waals surface area contributed by atoms with Crippen LogP contribution in [0.1, 0.15) is 57.4 Å². The Hall–Kier alpha value is -3.92. The molecule has 0 N–H and O–H groups in total. The van der Waals surface area contributed by atoms with Crippen LogP contribution in [0.3, 0.4) is 0 Å². The molecule has 0 bridgehead atoms. The van der Waals surface area contributed by atoms with Crippen LogP contribution in [0.15, 0.2) is 79.0 Å². The van der Waals surface area contributed by atoms with Crippen LogP contribution in [0.5, 0.6) is 11.5 Å². The second kappa shape index (κ2) is 6.25. The van der Waals surface area contributed by atoms with Crippen LogP contribution < -0.4 is 13.9 Å². The first kappa shape index (κ1) is 20.3. The summed E-state index contributed by atoms with van der Waals surface area (Å²) in [6.45, 7) is 11.4. The van der Waals surface area contributed by atoms with Crippen molar-refractivity contribution in [3.05, 3.63) is 95.7 Å². The maximum absolute atomic E-state index is 6.66. The lowest BCUT2D eigenvalue weighted by atomic mass is 9.86. The minimum atomic E-state index is -0.531. The Kier molecular flexibility index (Phi) is 3.52. The van der Waals surface area contributed by atoms with Gasteiger partial charge < -0.3 is 4.74 Å². The molecule has 2 aromatic heterocycles. The molecule has 0 radical (unpaired) electrons. The highest BCUT2D eigenvalue weighted by Crippen LogP contribution is 2.60. The van der Waals surface area contributed by atoms with Gasteiger partial charge in [-0.2, -0.15) is 4.57 Å². The quantitative estimate of drug-likeness (QED) is 0.252. The lowest BCUT2D eigenvalue weighted by molar-refractivity contribution is -0.736. The Morgan fingerprint density at radius 2 is 1.53 bits per heavy atom. The molecule has 36 heavy (non-hydrogen) atoms. The number of fused-ring (bicyclic) bond motifs is 6. The molecule has 0 aliphatic carbocycles. The third-order valence-corrected chi connectivity index (χ3v) is 8.32. The van der Waals surface area contributed by atoms with E-state index in [1.54, 1.807) is 0 Å². The van der Waals surface area contributed by atoms with Crippen LogP contribution in [0.2, 0.25) is 0 Å². The smallest absolute Gasteiger partial charge is 0.372 e. The van der Waals surface area contributed by atoms with Crippen LogP contribution in [-0.4, -0.2) is 4.57 Å². The zero-order chi connectivity index (χ0) is 24.6. The van der Waals surface area contributed by atoms with Crippen molar-refractivity contribution in [3.8, 4) is 34.1 Å². The summed E-state index contributed by atoms with van der Waals surface area (Å²) in [4.78, 5) is 0. The summed E-state index contributed by atoms with van der Waals surface area (Å²) < 4.78 is 14.3. The van der Waals surface area contributed by atoms with Crippen molar-refractivity contribution in [2.45, 2.75) is 51.7 Å². The van der Waals surface area contributed by atoms with Gasteiger partial charge in [0.25, 0.3) is 5.82 Å². The molecular formula is C32H29N3O+2. The van der Waals surface area contributed by atoms with Gasteiger partial charge in [-0.15, -0.1) is 4.57 Å². The topological polar surface area (TPSA) is 21.9 Å². The molecular weight excluding hydrogens is 442 g/mol. The van der Waals surface area contributed by atoms with Gasteiger partial charge in [-0.05, 0) is 61.2 Å². The summed E-state index contributed by atoms with van der Waals surface area (Å²) in [7, 11) is 0. The number of ether oxygens (including phenoxy) is 1. The van der Waals surface area contributed by atoms with E-state index in [2.05, 4.69) is 127 Å². The molecule has 5 aromatic rings. The van der Waals surface area contributed by atoms with Gasteiger partial charge in [-0.3, -0.25) is 0 Å². The summed E-state index contributed by atoms with van der Waals surface area (Å²) in [5, 5.41) is 0. The summed E-state index contributed by atoms with van der Waals surface area (Å²) in [5.74, 6) is 3.13. The van der Waals surface area contributed by atoms with Crippen molar-refractivity contribution in [2.24, 2.45) is 0 Å². The fourth-order valence-corrected chi connectivity index (χ4v) is 6.92. The maximum Gasteiger partial charge on any atom is 0.372 e. The lowest BCUT2D eigenvalue weighted by Crippen LogP contribution is -2.59. The molecule has 1 spiro atoms. The molecule has 1 unspecified atom stereocenters. The molecule has 3 aliphatic rings. The number of benzene rings is 3. The van der Waals surface area contributed by atoms with Gasteiger partial charge in [-0.25, -0.2) is 4.57 Å². The third kappa shape index (κ3) is 2.10. The van der Waals surface area contributed by atoms with Crippen LogP contribution in [0.25, 0.3) is 33.7 Å². The number of hydrogen-bond acceptors (Lipinski definition) is 1. The Bertz CT molecular complexity index is 1790. The zero-order valence-corrected chi connectivity index (χ0v) is 21.3. The largest absolute Gasteiger partial charge is 0.456 e. The van der Waals surface area contributed by atoms with Gasteiger partial charge in [-0.1, -0.05) is 45.0 Å². The lowest BCUT2D eigenvalue weighted by Gasteiger charge is -2.28. The summed E-state index contributed by atoms with van der Waals surface area (Å²) in [5.41, 5.74) is 9.60. The molecule has 176 valence electrons. The van der Waals surface area contributed by atoms with Crippen molar-refractivity contribution in [1.82, 2.24) is 4.57 Å². The van der Waals surface area contributed by atoms with Crippen LogP contribution in [0, 0.1) is 0 Å². The standard InChI is InChI=1S/C32H29N3O/c1-19(2)34-23-12-6-7-13-24(23)35-30(34)22-11-9-15-27-29(22)32(35)28-21(10-8-14-26(28)36-27)25-18-20(31(3,4)5)16-17-33(25)32/h6-19H,1-5H3/q+2. The minimum Gasteiger partial charge on any atom is -0.456 e. The van der Waals surface area contributed by atoms with E-state index in [-0.39, 0.29) is 5.41 Å². The number of aromatic nitrogens is 3. The third-order valence-electron chi connectivity index (χ3n) is 8.32. The van der Waals surface area contributed by atoms with Crippen LogP contribution in [-0.2, 0) is 11.1 Å². The predicted molar refractivity (Wildman–Crippen MR) is 140 cm³/mol. The van der Waals surface area contributed by atoms with E-state index in [9.17, 15) is 0 Å². The number of rotatable bonds is 1. The second-order valence-electron chi connectivity index (χ2n) is 11.7. The number of nitrogens with zero attached hydrogens (tertiary/aromatic N) is 3. The average Bonchev–Trinajstić information content (AvgIpc) is 3.46. The molecule has 0 amide bonds. The molecule has 0 fully saturated rings. The summed E-state index contributed by atoms with van der Waals surface area (Å²) in [6.07, 6.45) is 2.31. The normalized spacial score (nSPS) is 18.2. The number of hydrogen-bond donors (Lipinski definition) is 0. The molecule has 4 heteroatoms. The monoisotopic (exact) mass is 471 g/mol. The zero-order valence-electron chi connectivity index (χ0n) is 21.3. The van der Waals surface area contributed by atoms with Gasteiger partial charge in [0.15, 0.2) is 17.2 Å². The fourth-order valence-electron chi connectivity index (χ4n) is 6.92. The molecule has 5 heterocycles. The molecule has 0 saturated heterocycles. The highest BCUT2D eigenvalue weighted by atomic mass is 16.5. The van der Waals surface area contributed by atoms with E-state index in [0.29, 0.717) is 6.04 Å². The number of imidazole rings is 1. The maximum atomic E-state index is 6.66. The second-order valence-corrected chi connectivity index (χ2v) is 11.7. The SMILES string of the molecule is CC(C)[n+]1c2n(c3ccccc31)C13c4c(cccc4-c4cc(C(C)(C)C)cc[n+]41)Oc1cccc-2c13. The molecule has 3 aliphatic heterocycles. The van der Waals surface area contributed by atoms with E-state index in [4.69, 9.17) is 4.74 Å². The Labute approximate surface area is 211 Å². The Morgan fingerprint density at radius 1 is 0.833 bits per heavy atom. The van der Waals surface area contributed by atoms with Gasteiger partial charge in [0.1, 0.15) is 22.6 Å². The van der Waals surface area contributed by atoms with Crippen LogP contribution in [0.4, 0.5) is 0 Å². The van der Waals surface area contributed by atoms with Crippen molar-refractivity contribution in [3.63, 3.8) is 0 Å². The predicted octanol–water partition coefficient (Wildman–Crippen LogP) is 6.46. The molecule has 1 atom stereocenters. The Balaban J connectivity index is 1.64. The van der Waals surface area contributed by atoms with E-state index < -0.39 is 5.66 Å². The van der Waals surface area contributed by atoms with Crippen molar-refractivity contribution < 1.29 is 13.9 Å². The first-order valence-electron chi connectivity index (χ1n) is 12.9. The summed E-state index contributed by atoms with van der Waals surface area (Å²) >= 11 is 0. The van der Waals surface area contributed by atoms with Gasteiger partial charge in [0, 0.05) is 12.1 Å². The van der Waals surface area contributed by atoms with Gasteiger partial charge in [0.05, 0.1) is 17.2 Å². The molecule has 3 aromatic carbocycles. The van der Waals surface area contributed by atoms with E-state index >= 15 is 0 Å². The Morgan fingerprint density at radius 3 is 2.25 bits per heavy atom. The highest BCUT2D eigenvalue weighted by Gasteiger charge is 2.70. The van der Waals surface area contributed by atoms with E-state index in [0.717, 1.165) is 11.5 Å². The van der Waals surface area contributed by atoms with Gasteiger partial charge in [0.2, 0.25) is 5.69 Å². The van der Waals surface area contributed by atoms with Crippen LogP contribution >= 0.6 is 0 Å². The summed E-state index contributed by atoms with van der Waals surface area (Å²) in [6, 6.07) is 26.9. The molecule has 0 saturated carbocycles. The average molecular weight is 472 g/mol. The van der Waals surface area contributed by atoms with Crippen molar-refractivity contribution >= 4 is 11.0 Å². The number of pyridine rings is 1. The molecule has 8 rings (SSSR count). The van der Waals surface area contributed by atoms with E-state index in [1.165, 1.54) is 50.4 Å². The van der Waals surface area contributed by atoms with Crippen molar-refractivity contribution in [2.75, 3.05) is 0 Å².